The number of amides is 1. The van der Waals surface area contributed by atoms with Gasteiger partial charge < -0.3 is 20.1 Å². The fourth-order valence-electron chi connectivity index (χ4n) is 5.00. The Bertz CT molecular complexity index is 1610. The molecule has 2 heterocycles. The van der Waals surface area contributed by atoms with Gasteiger partial charge in [0.2, 0.25) is 6.41 Å². The summed E-state index contributed by atoms with van der Waals surface area (Å²) in [5.41, 5.74) is 4.98. The summed E-state index contributed by atoms with van der Waals surface area (Å²) in [6, 6.07) is 22.1. The molecule has 0 aliphatic heterocycles. The molecule has 8 nitrogen and oxygen atoms in total. The van der Waals surface area contributed by atoms with Gasteiger partial charge in [-0.3, -0.25) is 9.89 Å². The van der Waals surface area contributed by atoms with E-state index in [2.05, 4.69) is 39.0 Å². The van der Waals surface area contributed by atoms with Crippen molar-refractivity contribution in [2.24, 2.45) is 0 Å². The number of anilines is 3. The Hall–Kier alpha value is -4.59. The average molecular weight is 494 g/mol. The molecule has 5 aromatic rings. The van der Waals surface area contributed by atoms with Crippen LogP contribution >= 0.6 is 0 Å². The van der Waals surface area contributed by atoms with Crippen LogP contribution in [-0.2, 0) is 4.79 Å². The van der Waals surface area contributed by atoms with E-state index < -0.39 is 0 Å². The topological polar surface area (TPSA) is 101 Å². The second kappa shape index (κ2) is 9.46. The molecule has 0 spiro atoms. The van der Waals surface area contributed by atoms with Crippen molar-refractivity contribution in [1.29, 1.82) is 0 Å². The number of nitrogens with one attached hydrogen (secondary N) is 3. The minimum absolute atomic E-state index is 0.311. The number of carbonyl (C=O) groups excluding carboxylic acids is 1. The van der Waals surface area contributed by atoms with Crippen LogP contribution in [0.15, 0.2) is 66.7 Å². The van der Waals surface area contributed by atoms with E-state index in [9.17, 15) is 4.79 Å². The molecule has 37 heavy (non-hydrogen) atoms. The molecule has 2 unspecified atom stereocenters. The number of hydrogen-bond acceptors (Lipinski definition) is 6. The molecule has 2 aromatic heterocycles. The smallest absolute Gasteiger partial charge is 0.211 e. The van der Waals surface area contributed by atoms with Crippen molar-refractivity contribution < 1.29 is 14.3 Å². The van der Waals surface area contributed by atoms with E-state index in [1.807, 2.05) is 55.5 Å². The highest BCUT2D eigenvalue weighted by molar-refractivity contribution is 5.93. The lowest BCUT2D eigenvalue weighted by molar-refractivity contribution is -0.105. The number of aromatic amines is 1. The average Bonchev–Trinajstić information content (AvgIpc) is 3.63. The molecule has 1 aliphatic rings. The van der Waals surface area contributed by atoms with Crippen LogP contribution in [0.3, 0.4) is 0 Å². The maximum absolute atomic E-state index is 11.1. The maximum Gasteiger partial charge on any atom is 0.211 e. The molecule has 3 aromatic carbocycles. The van der Waals surface area contributed by atoms with Crippen LogP contribution in [-0.4, -0.2) is 35.3 Å². The third kappa shape index (κ3) is 4.31. The first-order valence-electron chi connectivity index (χ1n) is 12.3. The summed E-state index contributed by atoms with van der Waals surface area (Å²) >= 11 is 0. The third-order valence-corrected chi connectivity index (χ3v) is 6.90. The molecule has 1 saturated carbocycles. The quantitative estimate of drug-likeness (QED) is 0.215. The number of ether oxygens (including phenoxy) is 2. The minimum Gasteiger partial charge on any atom is -0.497 e. The number of aromatic nitrogens is 3. The molecule has 8 heteroatoms. The number of para-hydroxylation sites is 1. The fourth-order valence-corrected chi connectivity index (χ4v) is 5.00. The molecule has 3 N–H and O–H groups in total. The lowest BCUT2D eigenvalue weighted by atomic mass is 10.0. The zero-order valence-corrected chi connectivity index (χ0v) is 20.6. The molecule has 1 amide bonds. The summed E-state index contributed by atoms with van der Waals surface area (Å²) in [5, 5.41) is 15.9. The number of benzene rings is 3. The van der Waals surface area contributed by atoms with Gasteiger partial charge in [0.05, 0.1) is 24.8 Å². The van der Waals surface area contributed by atoms with E-state index in [4.69, 9.17) is 14.5 Å². The van der Waals surface area contributed by atoms with E-state index >= 15 is 0 Å². The van der Waals surface area contributed by atoms with Crippen LogP contribution < -0.4 is 20.1 Å². The predicted octanol–water partition coefficient (Wildman–Crippen LogP) is 6.10. The Kier molecular flexibility index (Phi) is 5.84. The molecule has 2 atom stereocenters. The number of H-pyrrole nitrogens is 1. The summed E-state index contributed by atoms with van der Waals surface area (Å²) in [6.45, 7) is 2.50. The standard InChI is InChI=1S/C29H27N5O3/c1-3-37-27-13-18-6-4-5-7-24(18)31-29(27)32-28-20-10-8-17(12-26(20)33-34-28)21-15-22(21)23-14-19(36-2)9-11-25(23)30-16-35/h4-14,16,21-22H,3,15H2,1-2H3,(H,30,35)(H2,31,32,33,34). The summed E-state index contributed by atoms with van der Waals surface area (Å²) in [4.78, 5) is 15.9. The molecule has 0 bridgehead atoms. The molecule has 1 aliphatic carbocycles. The Morgan fingerprint density at radius 3 is 2.78 bits per heavy atom. The van der Waals surface area contributed by atoms with Crippen LogP contribution in [0.4, 0.5) is 17.3 Å². The van der Waals surface area contributed by atoms with Gasteiger partial charge in [-0.2, -0.15) is 5.10 Å². The number of fused-ring (bicyclic) bond motifs is 2. The summed E-state index contributed by atoms with van der Waals surface area (Å²) in [5.74, 6) is 3.47. The van der Waals surface area contributed by atoms with E-state index in [-0.39, 0.29) is 0 Å². The molecular formula is C29H27N5O3. The number of methoxy groups -OCH3 is 1. The van der Waals surface area contributed by atoms with E-state index in [0.717, 1.165) is 51.6 Å². The molecule has 0 saturated heterocycles. The van der Waals surface area contributed by atoms with Crippen molar-refractivity contribution in [3.8, 4) is 11.5 Å². The van der Waals surface area contributed by atoms with E-state index in [0.29, 0.717) is 35.8 Å². The summed E-state index contributed by atoms with van der Waals surface area (Å²) in [6.07, 6.45) is 1.72. The highest BCUT2D eigenvalue weighted by atomic mass is 16.5. The van der Waals surface area contributed by atoms with Gasteiger partial charge in [0.15, 0.2) is 17.4 Å². The number of nitrogens with zero attached hydrogens (tertiary/aromatic N) is 2. The van der Waals surface area contributed by atoms with Crippen molar-refractivity contribution in [1.82, 2.24) is 15.2 Å². The molecule has 1 fully saturated rings. The van der Waals surface area contributed by atoms with Crippen LogP contribution in [0, 0.1) is 0 Å². The second-order valence-electron chi connectivity index (χ2n) is 9.13. The Balaban J connectivity index is 1.28. The van der Waals surface area contributed by atoms with Crippen LogP contribution in [0.25, 0.3) is 21.8 Å². The van der Waals surface area contributed by atoms with Crippen molar-refractivity contribution in [3.05, 3.63) is 77.9 Å². The molecule has 186 valence electrons. The van der Waals surface area contributed by atoms with Crippen molar-refractivity contribution in [3.63, 3.8) is 0 Å². The largest absolute Gasteiger partial charge is 0.497 e. The predicted molar refractivity (Wildman–Crippen MR) is 145 cm³/mol. The zero-order chi connectivity index (χ0) is 25.4. The van der Waals surface area contributed by atoms with Gasteiger partial charge >= 0.3 is 0 Å². The van der Waals surface area contributed by atoms with Gasteiger partial charge in [0.25, 0.3) is 0 Å². The van der Waals surface area contributed by atoms with Crippen LogP contribution in [0.5, 0.6) is 11.5 Å². The van der Waals surface area contributed by atoms with Crippen molar-refractivity contribution >= 4 is 45.5 Å². The molecular weight excluding hydrogens is 466 g/mol. The number of rotatable bonds is 9. The lowest BCUT2D eigenvalue weighted by Gasteiger charge is -2.12. The van der Waals surface area contributed by atoms with E-state index in [1.165, 1.54) is 5.56 Å². The van der Waals surface area contributed by atoms with Gasteiger partial charge in [-0.25, -0.2) is 4.98 Å². The molecule has 0 radical (unpaired) electrons. The number of pyridine rings is 1. The molecule has 6 rings (SSSR count). The second-order valence-corrected chi connectivity index (χ2v) is 9.13. The monoisotopic (exact) mass is 493 g/mol. The van der Waals surface area contributed by atoms with Gasteiger partial charge in [-0.05, 0) is 78.8 Å². The Morgan fingerprint density at radius 2 is 1.95 bits per heavy atom. The van der Waals surface area contributed by atoms with Crippen molar-refractivity contribution in [2.45, 2.75) is 25.2 Å². The Morgan fingerprint density at radius 1 is 1.05 bits per heavy atom. The zero-order valence-electron chi connectivity index (χ0n) is 20.6. The van der Waals surface area contributed by atoms with Gasteiger partial charge in [-0.1, -0.05) is 24.3 Å². The summed E-state index contributed by atoms with van der Waals surface area (Å²) in [7, 11) is 1.65. The first-order valence-corrected chi connectivity index (χ1v) is 12.3. The van der Waals surface area contributed by atoms with Crippen LogP contribution in [0.2, 0.25) is 0 Å². The van der Waals surface area contributed by atoms with E-state index in [1.54, 1.807) is 7.11 Å². The first kappa shape index (κ1) is 22.8. The minimum atomic E-state index is 0.311. The number of carbonyl (C=O) groups is 1. The SMILES string of the molecule is CCOc1cc2ccccc2nc1Nc1n[nH]c2cc(C3CC3c3cc(OC)ccc3NC=O)ccc12. The van der Waals surface area contributed by atoms with Gasteiger partial charge in [0.1, 0.15) is 5.75 Å². The van der Waals surface area contributed by atoms with Crippen LogP contribution in [0.1, 0.15) is 36.3 Å². The van der Waals surface area contributed by atoms with Gasteiger partial charge in [0, 0.05) is 16.5 Å². The summed E-state index contributed by atoms with van der Waals surface area (Å²) < 4.78 is 11.3. The van der Waals surface area contributed by atoms with Gasteiger partial charge in [-0.15, -0.1) is 0 Å². The third-order valence-electron chi connectivity index (χ3n) is 6.90. The number of hydrogen-bond donors (Lipinski definition) is 3. The first-order chi connectivity index (χ1) is 18.2. The highest BCUT2D eigenvalue weighted by Crippen LogP contribution is 2.57. The normalized spacial score (nSPS) is 16.5. The highest BCUT2D eigenvalue weighted by Gasteiger charge is 2.41. The maximum atomic E-state index is 11.1. The fraction of sp³-hybridized carbons (Fsp3) is 0.207. The lowest BCUT2D eigenvalue weighted by Crippen LogP contribution is -2.01. The van der Waals surface area contributed by atoms with Crippen molar-refractivity contribution in [2.75, 3.05) is 24.4 Å². The Labute approximate surface area is 214 Å².